The molecule has 0 aliphatic carbocycles. The zero-order chi connectivity index (χ0) is 14.7. The highest BCUT2D eigenvalue weighted by Crippen LogP contribution is 2.43. The van der Waals surface area contributed by atoms with Crippen LogP contribution in [0.3, 0.4) is 0 Å². The molecule has 2 saturated heterocycles. The van der Waals surface area contributed by atoms with Gasteiger partial charge < -0.3 is 15.2 Å². The van der Waals surface area contributed by atoms with Crippen molar-refractivity contribution in [1.82, 2.24) is 5.32 Å². The van der Waals surface area contributed by atoms with Crippen LogP contribution in [0.25, 0.3) is 0 Å². The summed E-state index contributed by atoms with van der Waals surface area (Å²) in [4.78, 5) is 23.7. The molecule has 2 fully saturated rings. The van der Waals surface area contributed by atoms with Crippen molar-refractivity contribution in [3.8, 4) is 0 Å². The molecule has 0 saturated carbocycles. The maximum atomic E-state index is 12.3. The van der Waals surface area contributed by atoms with E-state index in [2.05, 4.69) is 12.2 Å². The molecule has 5 nitrogen and oxygen atoms in total. The van der Waals surface area contributed by atoms with Crippen molar-refractivity contribution in [1.29, 1.82) is 0 Å². The maximum absolute atomic E-state index is 12.3. The van der Waals surface area contributed by atoms with Crippen molar-refractivity contribution in [2.24, 2.45) is 11.8 Å². The van der Waals surface area contributed by atoms with Crippen LogP contribution in [-0.4, -0.2) is 35.2 Å². The molecule has 5 unspecified atom stereocenters. The lowest BCUT2D eigenvalue weighted by molar-refractivity contribution is -0.148. The average Bonchev–Trinajstić information content (AvgIpc) is 2.98. The Labute approximate surface area is 120 Å². The van der Waals surface area contributed by atoms with E-state index in [1.54, 1.807) is 0 Å². The zero-order valence-electron chi connectivity index (χ0n) is 12.3. The minimum Gasteiger partial charge on any atom is -0.481 e. The number of nitrogens with one attached hydrogen (secondary N) is 1. The van der Waals surface area contributed by atoms with Gasteiger partial charge in [0.1, 0.15) is 0 Å². The zero-order valence-corrected chi connectivity index (χ0v) is 12.3. The Hall–Kier alpha value is -1.10. The smallest absolute Gasteiger partial charge is 0.310 e. The third-order valence-electron chi connectivity index (χ3n) is 4.49. The van der Waals surface area contributed by atoms with Gasteiger partial charge in [-0.15, -0.1) is 0 Å². The van der Waals surface area contributed by atoms with Gasteiger partial charge in [-0.25, -0.2) is 0 Å². The molecule has 114 valence electrons. The van der Waals surface area contributed by atoms with Gasteiger partial charge in [0.05, 0.1) is 24.0 Å². The molecule has 2 aliphatic heterocycles. The molecule has 5 atom stereocenters. The number of carbonyl (C=O) groups excluding carboxylic acids is 1. The molecule has 2 rings (SSSR count). The Balaban J connectivity index is 1.89. The van der Waals surface area contributed by atoms with E-state index < -0.39 is 17.8 Å². The van der Waals surface area contributed by atoms with Gasteiger partial charge in [0.2, 0.25) is 5.91 Å². The van der Waals surface area contributed by atoms with Crippen LogP contribution in [0.1, 0.15) is 52.4 Å². The van der Waals surface area contributed by atoms with E-state index in [0.29, 0.717) is 0 Å². The van der Waals surface area contributed by atoms with E-state index in [9.17, 15) is 14.7 Å². The number of aliphatic carboxylic acids is 1. The first kappa shape index (κ1) is 15.3. The molecule has 0 radical (unpaired) electrons. The van der Waals surface area contributed by atoms with Gasteiger partial charge in [0.15, 0.2) is 0 Å². The predicted molar refractivity (Wildman–Crippen MR) is 74.3 cm³/mol. The number of hydrogen-bond acceptors (Lipinski definition) is 3. The summed E-state index contributed by atoms with van der Waals surface area (Å²) in [6, 6.07) is 0.0996. The molecule has 2 heterocycles. The van der Waals surface area contributed by atoms with Gasteiger partial charge in [-0.05, 0) is 26.2 Å². The van der Waals surface area contributed by atoms with Crippen molar-refractivity contribution < 1.29 is 19.4 Å². The number of unbranched alkanes of at least 4 members (excludes halogenated alkanes) is 2. The SMILES string of the molecule is CCCCCC(C)NC(=O)C1C2CCC(O2)C1C(=O)O. The highest BCUT2D eigenvalue weighted by atomic mass is 16.5. The number of hydrogen-bond donors (Lipinski definition) is 2. The summed E-state index contributed by atoms with van der Waals surface area (Å²) in [5.74, 6) is -2.24. The van der Waals surface area contributed by atoms with Gasteiger partial charge in [-0.1, -0.05) is 26.2 Å². The van der Waals surface area contributed by atoms with Gasteiger partial charge >= 0.3 is 5.97 Å². The fourth-order valence-electron chi connectivity index (χ4n) is 3.44. The molecule has 0 aromatic carbocycles. The van der Waals surface area contributed by atoms with Gasteiger partial charge in [0.25, 0.3) is 0 Å². The molecule has 2 bridgehead atoms. The predicted octanol–water partition coefficient (Wildman–Crippen LogP) is 1.95. The normalized spacial score (nSPS) is 33.1. The van der Waals surface area contributed by atoms with Crippen molar-refractivity contribution in [3.63, 3.8) is 0 Å². The third-order valence-corrected chi connectivity index (χ3v) is 4.49. The molecule has 2 aliphatic rings. The second-order valence-electron chi connectivity index (χ2n) is 6.09. The second-order valence-corrected chi connectivity index (χ2v) is 6.09. The summed E-state index contributed by atoms with van der Waals surface area (Å²) >= 11 is 0. The minimum absolute atomic E-state index is 0.0996. The Morgan fingerprint density at radius 1 is 1.25 bits per heavy atom. The van der Waals surface area contributed by atoms with E-state index in [4.69, 9.17) is 4.74 Å². The Bertz CT molecular complexity index is 371. The molecule has 20 heavy (non-hydrogen) atoms. The van der Waals surface area contributed by atoms with Gasteiger partial charge in [0, 0.05) is 6.04 Å². The average molecular weight is 283 g/mol. The molecular formula is C15H25NO4. The lowest BCUT2D eigenvalue weighted by atomic mass is 9.78. The summed E-state index contributed by atoms with van der Waals surface area (Å²) in [6.45, 7) is 4.13. The van der Waals surface area contributed by atoms with Crippen molar-refractivity contribution in [3.05, 3.63) is 0 Å². The van der Waals surface area contributed by atoms with Crippen LogP contribution in [0.2, 0.25) is 0 Å². The third kappa shape index (κ3) is 3.14. The van der Waals surface area contributed by atoms with Crippen LogP contribution in [0, 0.1) is 11.8 Å². The second kappa shape index (κ2) is 6.57. The van der Waals surface area contributed by atoms with Crippen molar-refractivity contribution >= 4 is 11.9 Å². The number of fused-ring (bicyclic) bond motifs is 2. The number of carboxylic acid groups (broad SMARTS) is 1. The number of ether oxygens (including phenoxy) is 1. The van der Waals surface area contributed by atoms with Gasteiger partial charge in [-0.3, -0.25) is 9.59 Å². The van der Waals surface area contributed by atoms with E-state index in [1.807, 2.05) is 6.92 Å². The fourth-order valence-corrected chi connectivity index (χ4v) is 3.44. The first-order valence-corrected chi connectivity index (χ1v) is 7.73. The molecule has 0 aromatic heterocycles. The highest BCUT2D eigenvalue weighted by Gasteiger charge is 2.55. The van der Waals surface area contributed by atoms with Crippen LogP contribution in [0.5, 0.6) is 0 Å². The van der Waals surface area contributed by atoms with Crippen LogP contribution < -0.4 is 5.32 Å². The molecule has 0 spiro atoms. The standard InChI is InChI=1S/C15H25NO4/c1-3-4-5-6-9(2)16-14(17)12-10-7-8-11(20-10)13(12)15(18)19/h9-13H,3-8H2,1-2H3,(H,16,17)(H,18,19). The molecule has 2 N–H and O–H groups in total. The van der Waals surface area contributed by atoms with Crippen molar-refractivity contribution in [2.75, 3.05) is 0 Å². The summed E-state index contributed by atoms with van der Waals surface area (Å²) in [5, 5.41) is 12.3. The molecular weight excluding hydrogens is 258 g/mol. The topological polar surface area (TPSA) is 75.6 Å². The first-order chi connectivity index (χ1) is 9.54. The Kier molecular flexibility index (Phi) is 5.02. The number of carboxylic acids is 1. The van der Waals surface area contributed by atoms with Crippen LogP contribution in [-0.2, 0) is 14.3 Å². The molecule has 5 heteroatoms. The van der Waals surface area contributed by atoms with Crippen LogP contribution >= 0.6 is 0 Å². The fraction of sp³-hybridized carbons (Fsp3) is 0.867. The Morgan fingerprint density at radius 3 is 2.50 bits per heavy atom. The summed E-state index contributed by atoms with van der Waals surface area (Å²) in [6.07, 6.45) is 5.44. The number of carbonyl (C=O) groups is 2. The van der Waals surface area contributed by atoms with Gasteiger partial charge in [-0.2, -0.15) is 0 Å². The van der Waals surface area contributed by atoms with Crippen LogP contribution in [0.4, 0.5) is 0 Å². The monoisotopic (exact) mass is 283 g/mol. The maximum Gasteiger partial charge on any atom is 0.310 e. The number of amides is 1. The van der Waals surface area contributed by atoms with E-state index in [1.165, 1.54) is 0 Å². The Morgan fingerprint density at radius 2 is 1.90 bits per heavy atom. The first-order valence-electron chi connectivity index (χ1n) is 7.73. The van der Waals surface area contributed by atoms with E-state index >= 15 is 0 Å². The summed E-state index contributed by atoms with van der Waals surface area (Å²) in [5.41, 5.74) is 0. The largest absolute Gasteiger partial charge is 0.481 e. The van der Waals surface area contributed by atoms with E-state index in [0.717, 1.165) is 38.5 Å². The lowest BCUT2D eigenvalue weighted by Gasteiger charge is -2.25. The summed E-state index contributed by atoms with van der Waals surface area (Å²) in [7, 11) is 0. The van der Waals surface area contributed by atoms with E-state index in [-0.39, 0.29) is 24.2 Å². The van der Waals surface area contributed by atoms with Crippen LogP contribution in [0.15, 0.2) is 0 Å². The molecule has 0 aromatic rings. The lowest BCUT2D eigenvalue weighted by Crippen LogP contribution is -2.46. The number of rotatable bonds is 7. The highest BCUT2D eigenvalue weighted by molar-refractivity contribution is 5.86. The summed E-state index contributed by atoms with van der Waals surface area (Å²) < 4.78 is 5.62. The quantitative estimate of drug-likeness (QED) is 0.700. The minimum atomic E-state index is -0.906. The molecule has 1 amide bonds. The van der Waals surface area contributed by atoms with Crippen molar-refractivity contribution in [2.45, 2.75) is 70.6 Å².